The van der Waals surface area contributed by atoms with Crippen molar-refractivity contribution < 1.29 is 0 Å². The van der Waals surface area contributed by atoms with Gasteiger partial charge in [-0.15, -0.1) is 24.0 Å². The topological polar surface area (TPSA) is 57.8 Å². The number of hydrogen-bond acceptors (Lipinski definition) is 3. The monoisotopic (exact) mass is 429 g/mol. The molecule has 0 bridgehead atoms. The number of halogens is 1. The van der Waals surface area contributed by atoms with Crippen molar-refractivity contribution in [3.05, 3.63) is 30.1 Å². The fourth-order valence-corrected chi connectivity index (χ4v) is 3.46. The Kier molecular flexibility index (Phi) is 7.55. The number of nitrogens with zero attached hydrogens (tertiary/aromatic N) is 4. The van der Waals surface area contributed by atoms with Crippen molar-refractivity contribution in [2.45, 2.75) is 38.1 Å². The normalized spacial score (nSPS) is 21.0. The second-order valence-corrected chi connectivity index (χ2v) is 6.29. The van der Waals surface area contributed by atoms with E-state index in [9.17, 15) is 0 Å². The Morgan fingerprint density at radius 2 is 1.83 bits per heavy atom. The maximum absolute atomic E-state index is 6.22. The highest BCUT2D eigenvalue weighted by molar-refractivity contribution is 14.0. The first-order valence-corrected chi connectivity index (χ1v) is 8.53. The molecule has 2 aliphatic rings. The van der Waals surface area contributed by atoms with Crippen molar-refractivity contribution in [2.24, 2.45) is 10.7 Å². The first-order chi connectivity index (χ1) is 10.8. The molecule has 6 heteroatoms. The molecule has 3 rings (SSSR count). The molecule has 1 atom stereocenters. The van der Waals surface area contributed by atoms with Crippen molar-refractivity contribution >= 4 is 29.9 Å². The number of aliphatic imine (C=N–C) groups is 1. The zero-order chi connectivity index (χ0) is 15.2. The Hall–Kier alpha value is -0.890. The summed E-state index contributed by atoms with van der Waals surface area (Å²) in [5.74, 6) is 0.716. The highest BCUT2D eigenvalue weighted by atomic mass is 127. The van der Waals surface area contributed by atoms with Gasteiger partial charge in [-0.3, -0.25) is 14.9 Å². The molecular formula is C17H28IN5. The second-order valence-electron chi connectivity index (χ2n) is 6.29. The van der Waals surface area contributed by atoms with Crippen molar-refractivity contribution in [3.63, 3.8) is 0 Å². The molecule has 1 aromatic rings. The van der Waals surface area contributed by atoms with Gasteiger partial charge in [-0.05, 0) is 56.8 Å². The Labute approximate surface area is 156 Å². The third-order valence-electron chi connectivity index (χ3n) is 4.76. The molecule has 0 amide bonds. The lowest BCUT2D eigenvalue weighted by Gasteiger charge is -2.29. The van der Waals surface area contributed by atoms with Crippen molar-refractivity contribution in [1.29, 1.82) is 0 Å². The first kappa shape index (κ1) is 18.4. The SMILES string of the molecule is I.NC(=NCC(c1cccnc1)N1CCCC1)N1CCCCC1. The molecule has 0 spiro atoms. The average Bonchev–Trinajstić information content (AvgIpc) is 3.11. The van der Waals surface area contributed by atoms with Gasteiger partial charge in [0.2, 0.25) is 0 Å². The molecule has 0 aliphatic carbocycles. The van der Waals surface area contributed by atoms with E-state index in [0.717, 1.165) is 32.7 Å². The number of pyridine rings is 1. The minimum absolute atomic E-state index is 0. The van der Waals surface area contributed by atoms with Crippen molar-refractivity contribution in [3.8, 4) is 0 Å². The molecule has 1 aromatic heterocycles. The first-order valence-electron chi connectivity index (χ1n) is 8.53. The van der Waals surface area contributed by atoms with Gasteiger partial charge in [0.1, 0.15) is 0 Å². The quantitative estimate of drug-likeness (QED) is 0.454. The number of likely N-dealkylation sites (tertiary alicyclic amines) is 2. The van der Waals surface area contributed by atoms with Crippen LogP contribution in [0.5, 0.6) is 0 Å². The van der Waals surface area contributed by atoms with Crippen molar-refractivity contribution in [1.82, 2.24) is 14.8 Å². The molecule has 5 nitrogen and oxygen atoms in total. The lowest BCUT2D eigenvalue weighted by molar-refractivity contribution is 0.250. The van der Waals surface area contributed by atoms with Crippen LogP contribution in [0.1, 0.15) is 43.7 Å². The predicted octanol–water partition coefficient (Wildman–Crippen LogP) is 2.64. The summed E-state index contributed by atoms with van der Waals surface area (Å²) in [6, 6.07) is 4.47. The summed E-state index contributed by atoms with van der Waals surface area (Å²) < 4.78 is 0. The fraction of sp³-hybridized carbons (Fsp3) is 0.647. The number of guanidine groups is 1. The van der Waals surface area contributed by atoms with Crippen LogP contribution in [0, 0.1) is 0 Å². The Bertz CT molecular complexity index is 481. The number of piperidine rings is 1. The van der Waals surface area contributed by atoms with Crippen LogP contribution in [-0.2, 0) is 0 Å². The summed E-state index contributed by atoms with van der Waals surface area (Å²) in [4.78, 5) is 13.7. The Morgan fingerprint density at radius 1 is 1.13 bits per heavy atom. The number of rotatable bonds is 4. The van der Waals surface area contributed by atoms with E-state index in [1.165, 1.54) is 37.7 Å². The number of aromatic nitrogens is 1. The summed E-state index contributed by atoms with van der Waals surface area (Å²) in [6.07, 6.45) is 10.1. The summed E-state index contributed by atoms with van der Waals surface area (Å²) in [5, 5.41) is 0. The minimum Gasteiger partial charge on any atom is -0.370 e. The second kappa shape index (κ2) is 9.42. The fourth-order valence-electron chi connectivity index (χ4n) is 3.46. The van der Waals surface area contributed by atoms with E-state index < -0.39 is 0 Å². The van der Waals surface area contributed by atoms with E-state index in [2.05, 4.69) is 20.9 Å². The predicted molar refractivity (Wildman–Crippen MR) is 105 cm³/mol. The van der Waals surface area contributed by atoms with Crippen LogP contribution in [0.4, 0.5) is 0 Å². The summed E-state index contributed by atoms with van der Waals surface area (Å²) in [5.41, 5.74) is 7.46. The molecule has 3 heterocycles. The maximum atomic E-state index is 6.22. The molecule has 0 aromatic carbocycles. The third-order valence-corrected chi connectivity index (χ3v) is 4.76. The highest BCUT2D eigenvalue weighted by Gasteiger charge is 2.23. The van der Waals surface area contributed by atoms with E-state index in [0.29, 0.717) is 12.0 Å². The van der Waals surface area contributed by atoms with Crippen LogP contribution >= 0.6 is 24.0 Å². The molecule has 128 valence electrons. The van der Waals surface area contributed by atoms with E-state index in [4.69, 9.17) is 10.7 Å². The van der Waals surface area contributed by atoms with Gasteiger partial charge in [0.25, 0.3) is 0 Å². The van der Waals surface area contributed by atoms with Crippen LogP contribution in [0.15, 0.2) is 29.5 Å². The van der Waals surface area contributed by atoms with Gasteiger partial charge in [0.15, 0.2) is 5.96 Å². The Morgan fingerprint density at radius 3 is 2.48 bits per heavy atom. The molecule has 1 unspecified atom stereocenters. The van der Waals surface area contributed by atoms with E-state index in [1.807, 2.05) is 18.5 Å². The summed E-state index contributed by atoms with van der Waals surface area (Å²) in [6.45, 7) is 5.14. The smallest absolute Gasteiger partial charge is 0.191 e. The van der Waals surface area contributed by atoms with E-state index >= 15 is 0 Å². The zero-order valence-corrected chi connectivity index (χ0v) is 16.1. The van der Waals surface area contributed by atoms with Crippen LogP contribution in [0.2, 0.25) is 0 Å². The zero-order valence-electron chi connectivity index (χ0n) is 13.7. The maximum Gasteiger partial charge on any atom is 0.191 e. The van der Waals surface area contributed by atoms with Crippen LogP contribution < -0.4 is 5.73 Å². The molecule has 0 saturated carbocycles. The largest absolute Gasteiger partial charge is 0.370 e. The van der Waals surface area contributed by atoms with Crippen LogP contribution in [0.3, 0.4) is 0 Å². The molecule has 2 N–H and O–H groups in total. The van der Waals surface area contributed by atoms with Gasteiger partial charge in [-0.2, -0.15) is 0 Å². The van der Waals surface area contributed by atoms with Gasteiger partial charge >= 0.3 is 0 Å². The Balaban J connectivity index is 0.00000192. The minimum atomic E-state index is 0. The third kappa shape index (κ3) is 5.04. The van der Waals surface area contributed by atoms with Gasteiger partial charge < -0.3 is 10.6 Å². The van der Waals surface area contributed by atoms with E-state index in [1.54, 1.807) is 0 Å². The molecule has 23 heavy (non-hydrogen) atoms. The highest BCUT2D eigenvalue weighted by Crippen LogP contribution is 2.25. The summed E-state index contributed by atoms with van der Waals surface area (Å²) >= 11 is 0. The molecule has 2 fully saturated rings. The molecule has 0 radical (unpaired) electrons. The van der Waals surface area contributed by atoms with Gasteiger partial charge in [-0.1, -0.05) is 6.07 Å². The van der Waals surface area contributed by atoms with Gasteiger partial charge in [0.05, 0.1) is 12.6 Å². The standard InChI is InChI=1S/C17H27N5.HI/c18-17(22-11-2-1-3-12-22)20-14-16(21-9-4-5-10-21)15-7-6-8-19-13-15;/h6-8,13,16H,1-5,9-12,14H2,(H2,18,20);1H. The number of hydrogen-bond donors (Lipinski definition) is 1. The molecule has 2 aliphatic heterocycles. The van der Waals surface area contributed by atoms with Gasteiger partial charge in [0, 0.05) is 25.5 Å². The average molecular weight is 429 g/mol. The van der Waals surface area contributed by atoms with E-state index in [-0.39, 0.29) is 24.0 Å². The van der Waals surface area contributed by atoms with Gasteiger partial charge in [-0.25, -0.2) is 0 Å². The number of nitrogens with two attached hydrogens (primary N) is 1. The van der Waals surface area contributed by atoms with Crippen LogP contribution in [0.25, 0.3) is 0 Å². The van der Waals surface area contributed by atoms with Crippen LogP contribution in [-0.4, -0.2) is 53.5 Å². The van der Waals surface area contributed by atoms with Crippen molar-refractivity contribution in [2.75, 3.05) is 32.7 Å². The lowest BCUT2D eigenvalue weighted by Crippen LogP contribution is -2.41. The molecule has 2 saturated heterocycles. The molecular weight excluding hydrogens is 401 g/mol. The summed E-state index contributed by atoms with van der Waals surface area (Å²) in [7, 11) is 0. The lowest BCUT2D eigenvalue weighted by atomic mass is 10.1.